The Bertz CT molecular complexity index is 389. The van der Waals surface area contributed by atoms with Gasteiger partial charge in [0.25, 0.3) is 0 Å². The molecule has 1 aromatic rings. The maximum Gasteiger partial charge on any atom is 0.338 e. The molecule has 1 rings (SSSR count). The van der Waals surface area contributed by atoms with Crippen molar-refractivity contribution in [1.29, 1.82) is 0 Å². The number of ether oxygens (including phenoxy) is 1. The standard InChI is InChI=1S/C15H24O2P/c1-5-18(6-2,7-3)12-13-10-8-9-11-14(13)15(16)17-4/h8-11H,5-7,12H2,1-4H3/q+1. The third-order valence-electron chi connectivity index (χ3n) is 3.94. The van der Waals surface area contributed by atoms with Crippen LogP contribution in [-0.4, -0.2) is 31.6 Å². The molecule has 0 saturated carbocycles. The van der Waals surface area contributed by atoms with E-state index >= 15 is 0 Å². The van der Waals surface area contributed by atoms with Crippen LogP contribution in [-0.2, 0) is 10.9 Å². The Morgan fingerprint density at radius 1 is 1.11 bits per heavy atom. The van der Waals surface area contributed by atoms with Crippen LogP contribution >= 0.6 is 7.26 Å². The van der Waals surface area contributed by atoms with E-state index in [0.717, 1.165) is 17.3 Å². The van der Waals surface area contributed by atoms with Gasteiger partial charge < -0.3 is 4.74 Å². The number of benzene rings is 1. The average molecular weight is 267 g/mol. The highest BCUT2D eigenvalue weighted by molar-refractivity contribution is 7.75. The Balaban J connectivity index is 3.06. The fraction of sp³-hybridized carbons (Fsp3) is 0.533. The van der Waals surface area contributed by atoms with Crippen molar-refractivity contribution in [1.82, 2.24) is 0 Å². The lowest BCUT2D eigenvalue weighted by Gasteiger charge is -2.24. The highest BCUT2D eigenvalue weighted by atomic mass is 31.2. The summed E-state index contributed by atoms with van der Waals surface area (Å²) in [6.45, 7) is 6.84. The molecule has 0 amide bonds. The van der Waals surface area contributed by atoms with E-state index in [0.29, 0.717) is 0 Å². The van der Waals surface area contributed by atoms with E-state index in [-0.39, 0.29) is 5.97 Å². The first-order valence-corrected chi connectivity index (χ1v) is 9.16. The monoisotopic (exact) mass is 267 g/mol. The minimum atomic E-state index is -0.946. The number of esters is 1. The SMILES string of the molecule is CC[P+](CC)(CC)Cc1ccccc1C(=O)OC. The van der Waals surface area contributed by atoms with E-state index in [1.54, 1.807) is 0 Å². The Hall–Kier alpha value is -0.880. The molecule has 0 aliphatic carbocycles. The first-order chi connectivity index (χ1) is 8.62. The smallest absolute Gasteiger partial charge is 0.338 e. The van der Waals surface area contributed by atoms with Crippen LogP contribution in [0.15, 0.2) is 24.3 Å². The molecule has 3 heteroatoms. The molecule has 100 valence electrons. The molecule has 0 bridgehead atoms. The van der Waals surface area contributed by atoms with Gasteiger partial charge in [0.05, 0.1) is 37.3 Å². The molecule has 0 aliphatic heterocycles. The van der Waals surface area contributed by atoms with Gasteiger partial charge in [-0.15, -0.1) is 0 Å². The zero-order valence-corrected chi connectivity index (χ0v) is 12.8. The second-order valence-electron chi connectivity index (χ2n) is 4.60. The lowest BCUT2D eigenvalue weighted by atomic mass is 10.1. The minimum absolute atomic E-state index is 0.216. The molecule has 0 radical (unpaired) electrons. The normalized spacial score (nSPS) is 11.3. The van der Waals surface area contributed by atoms with Gasteiger partial charge in [-0.1, -0.05) is 18.2 Å². The fourth-order valence-electron chi connectivity index (χ4n) is 2.33. The van der Waals surface area contributed by atoms with Gasteiger partial charge in [-0.25, -0.2) is 4.79 Å². The van der Waals surface area contributed by atoms with Crippen LogP contribution in [0.1, 0.15) is 36.7 Å². The summed E-state index contributed by atoms with van der Waals surface area (Å²) >= 11 is 0. The van der Waals surface area contributed by atoms with E-state index in [1.165, 1.54) is 25.6 Å². The van der Waals surface area contributed by atoms with E-state index in [1.807, 2.05) is 18.2 Å². The van der Waals surface area contributed by atoms with Crippen molar-refractivity contribution >= 4 is 13.2 Å². The highest BCUT2D eigenvalue weighted by Gasteiger charge is 2.32. The fourth-order valence-corrected chi connectivity index (χ4v) is 5.35. The Labute approximate surface area is 111 Å². The van der Waals surface area contributed by atoms with Gasteiger partial charge in [-0.2, -0.15) is 0 Å². The van der Waals surface area contributed by atoms with E-state index in [2.05, 4.69) is 26.8 Å². The summed E-state index contributed by atoms with van der Waals surface area (Å²) in [6, 6.07) is 7.86. The van der Waals surface area contributed by atoms with Crippen molar-refractivity contribution in [2.45, 2.75) is 26.9 Å². The highest BCUT2D eigenvalue weighted by Crippen LogP contribution is 2.60. The minimum Gasteiger partial charge on any atom is -0.465 e. The van der Waals surface area contributed by atoms with Crippen molar-refractivity contribution in [2.75, 3.05) is 25.6 Å². The van der Waals surface area contributed by atoms with E-state index < -0.39 is 7.26 Å². The third kappa shape index (κ3) is 3.32. The topological polar surface area (TPSA) is 26.3 Å². The summed E-state index contributed by atoms with van der Waals surface area (Å²) in [5.74, 6) is -0.216. The third-order valence-corrected chi connectivity index (χ3v) is 8.98. The number of hydrogen-bond acceptors (Lipinski definition) is 2. The Morgan fingerprint density at radius 3 is 2.17 bits per heavy atom. The second kappa shape index (κ2) is 6.89. The molecule has 0 heterocycles. The molecule has 0 aromatic heterocycles. The molecular weight excluding hydrogens is 243 g/mol. The summed E-state index contributed by atoms with van der Waals surface area (Å²) in [4.78, 5) is 11.8. The van der Waals surface area contributed by atoms with Crippen molar-refractivity contribution in [2.24, 2.45) is 0 Å². The summed E-state index contributed by atoms with van der Waals surface area (Å²) in [5.41, 5.74) is 1.89. The second-order valence-corrected chi connectivity index (χ2v) is 9.49. The van der Waals surface area contributed by atoms with Crippen molar-refractivity contribution in [3.63, 3.8) is 0 Å². The van der Waals surface area contributed by atoms with Crippen LogP contribution in [0.4, 0.5) is 0 Å². The zero-order chi connectivity index (χ0) is 13.6. The van der Waals surface area contributed by atoms with Crippen LogP contribution in [0.3, 0.4) is 0 Å². The van der Waals surface area contributed by atoms with Crippen molar-refractivity contribution < 1.29 is 9.53 Å². The van der Waals surface area contributed by atoms with Crippen LogP contribution < -0.4 is 0 Å². The number of carbonyl (C=O) groups is 1. The quantitative estimate of drug-likeness (QED) is 0.574. The molecule has 0 fully saturated rings. The molecule has 2 nitrogen and oxygen atoms in total. The summed E-state index contributed by atoms with van der Waals surface area (Å²) in [5, 5.41) is 0. The lowest BCUT2D eigenvalue weighted by molar-refractivity contribution is 0.0600. The predicted molar refractivity (Wildman–Crippen MR) is 80.0 cm³/mol. The number of rotatable bonds is 6. The van der Waals surface area contributed by atoms with Crippen molar-refractivity contribution in [3.05, 3.63) is 35.4 Å². The van der Waals surface area contributed by atoms with Crippen molar-refractivity contribution in [3.8, 4) is 0 Å². The van der Waals surface area contributed by atoms with Crippen LogP contribution in [0.5, 0.6) is 0 Å². The first kappa shape index (κ1) is 15.2. The van der Waals surface area contributed by atoms with Gasteiger partial charge in [-0.3, -0.25) is 0 Å². The summed E-state index contributed by atoms with van der Waals surface area (Å²) in [7, 11) is 0.500. The zero-order valence-electron chi connectivity index (χ0n) is 11.9. The van der Waals surface area contributed by atoms with Crippen LogP contribution in [0, 0.1) is 0 Å². The van der Waals surface area contributed by atoms with Gasteiger partial charge in [0.1, 0.15) is 0 Å². The number of hydrogen-bond donors (Lipinski definition) is 0. The molecule has 0 aliphatic rings. The Kier molecular flexibility index (Phi) is 5.81. The van der Waals surface area contributed by atoms with E-state index in [9.17, 15) is 4.79 Å². The van der Waals surface area contributed by atoms with Gasteiger partial charge in [0.2, 0.25) is 0 Å². The maximum atomic E-state index is 11.8. The van der Waals surface area contributed by atoms with Crippen LogP contribution in [0.25, 0.3) is 0 Å². The Morgan fingerprint density at radius 2 is 1.67 bits per heavy atom. The summed E-state index contributed by atoms with van der Waals surface area (Å²) in [6.07, 6.45) is 4.79. The largest absolute Gasteiger partial charge is 0.465 e. The molecular formula is C15H24O2P+. The van der Waals surface area contributed by atoms with Gasteiger partial charge >= 0.3 is 5.97 Å². The molecule has 0 spiro atoms. The van der Waals surface area contributed by atoms with Gasteiger partial charge in [-0.05, 0) is 26.8 Å². The molecule has 0 saturated heterocycles. The first-order valence-electron chi connectivity index (χ1n) is 6.63. The summed E-state index contributed by atoms with van der Waals surface area (Å²) < 4.78 is 4.87. The van der Waals surface area contributed by atoms with Gasteiger partial charge in [0.15, 0.2) is 0 Å². The molecule has 0 atom stereocenters. The molecule has 0 unspecified atom stereocenters. The maximum absolute atomic E-state index is 11.8. The lowest BCUT2D eigenvalue weighted by Crippen LogP contribution is -2.10. The molecule has 1 aromatic carbocycles. The number of carbonyl (C=O) groups excluding carboxylic acids is 1. The molecule has 18 heavy (non-hydrogen) atoms. The van der Waals surface area contributed by atoms with E-state index in [4.69, 9.17) is 4.74 Å². The molecule has 0 N–H and O–H groups in total. The van der Waals surface area contributed by atoms with Crippen LogP contribution in [0.2, 0.25) is 0 Å². The predicted octanol–water partition coefficient (Wildman–Crippen LogP) is 4.05. The van der Waals surface area contributed by atoms with Gasteiger partial charge in [0, 0.05) is 12.8 Å². The number of methoxy groups -OCH3 is 1. The average Bonchev–Trinajstić information content (AvgIpc) is 2.44.